The Bertz CT molecular complexity index is 1340. The Morgan fingerprint density at radius 1 is 0.923 bits per heavy atom. The van der Waals surface area contributed by atoms with Crippen LogP contribution < -0.4 is 14.4 Å². The second-order valence-corrected chi connectivity index (χ2v) is 11.4. The first-order chi connectivity index (χ1) is 18.6. The van der Waals surface area contributed by atoms with Gasteiger partial charge in [0.1, 0.15) is 18.3 Å². The molecule has 0 unspecified atom stereocenters. The van der Waals surface area contributed by atoms with Crippen molar-refractivity contribution >= 4 is 27.5 Å². The van der Waals surface area contributed by atoms with Gasteiger partial charge in [-0.05, 0) is 69.2 Å². The molecule has 2 amide bonds. The second-order valence-electron chi connectivity index (χ2n) is 9.52. The van der Waals surface area contributed by atoms with Crippen molar-refractivity contribution in [3.05, 3.63) is 90.0 Å². The fourth-order valence-corrected chi connectivity index (χ4v) is 5.37. The number of anilines is 1. The summed E-state index contributed by atoms with van der Waals surface area (Å²) < 4.78 is 33.8. The molecule has 0 aromatic heterocycles. The first kappa shape index (κ1) is 29.7. The molecule has 0 spiro atoms. The summed E-state index contributed by atoms with van der Waals surface area (Å²) in [6.07, 6.45) is 0.741. The van der Waals surface area contributed by atoms with Crippen molar-refractivity contribution in [3.63, 3.8) is 0 Å². The van der Waals surface area contributed by atoms with Crippen molar-refractivity contribution < 1.29 is 22.7 Å². The highest BCUT2D eigenvalue weighted by Gasteiger charge is 2.32. The second kappa shape index (κ2) is 13.3. The van der Waals surface area contributed by atoms with E-state index >= 15 is 0 Å². The average molecular weight is 552 g/mol. The molecule has 3 rings (SSSR count). The number of methoxy groups -OCH3 is 1. The van der Waals surface area contributed by atoms with Gasteiger partial charge in [0.25, 0.3) is 10.0 Å². The number of hydrogen-bond donors (Lipinski definition) is 1. The van der Waals surface area contributed by atoms with Gasteiger partial charge in [-0.25, -0.2) is 8.42 Å². The van der Waals surface area contributed by atoms with Gasteiger partial charge in [0.05, 0.1) is 17.7 Å². The average Bonchev–Trinajstić information content (AvgIpc) is 2.95. The van der Waals surface area contributed by atoms with Crippen LogP contribution in [0.2, 0.25) is 0 Å². The van der Waals surface area contributed by atoms with E-state index < -0.39 is 28.5 Å². The summed E-state index contributed by atoms with van der Waals surface area (Å²) >= 11 is 0. The molecule has 0 saturated carbocycles. The van der Waals surface area contributed by atoms with Gasteiger partial charge in [-0.1, -0.05) is 55.0 Å². The fourth-order valence-electron chi connectivity index (χ4n) is 3.94. The van der Waals surface area contributed by atoms with Gasteiger partial charge in [-0.3, -0.25) is 13.9 Å². The molecule has 39 heavy (non-hydrogen) atoms. The minimum atomic E-state index is -4.11. The Kier molecular flexibility index (Phi) is 10.1. The van der Waals surface area contributed by atoms with E-state index in [1.54, 1.807) is 49.4 Å². The topological polar surface area (TPSA) is 96.0 Å². The smallest absolute Gasteiger partial charge is 0.264 e. The van der Waals surface area contributed by atoms with Gasteiger partial charge in [0.15, 0.2) is 0 Å². The number of aryl methyl sites for hydroxylation is 1. The largest absolute Gasteiger partial charge is 0.497 e. The zero-order valence-corrected chi connectivity index (χ0v) is 23.9. The molecule has 0 heterocycles. The van der Waals surface area contributed by atoms with Crippen molar-refractivity contribution in [2.75, 3.05) is 18.0 Å². The first-order valence-electron chi connectivity index (χ1n) is 12.9. The first-order valence-corrected chi connectivity index (χ1v) is 14.4. The number of nitrogens with one attached hydrogen (secondary N) is 1. The fraction of sp³-hybridized carbons (Fsp3) is 0.333. The van der Waals surface area contributed by atoms with Crippen molar-refractivity contribution in [1.29, 1.82) is 0 Å². The van der Waals surface area contributed by atoms with E-state index in [4.69, 9.17) is 4.74 Å². The maximum absolute atomic E-state index is 13.9. The van der Waals surface area contributed by atoms with E-state index in [1.807, 2.05) is 45.0 Å². The van der Waals surface area contributed by atoms with Crippen LogP contribution in [0.1, 0.15) is 38.3 Å². The van der Waals surface area contributed by atoms with E-state index in [0.717, 1.165) is 21.9 Å². The highest BCUT2D eigenvalue weighted by atomic mass is 32.2. The standard InChI is InChI=1S/C30H37N3O5S/c1-6-23(3)31-30(35)24(4)32(20-25-14-12-22(2)13-15-25)29(34)21-33(26-16-18-27(38-5)19-17-26)39(36,37)28-10-8-7-9-11-28/h7-19,23-24H,6,20-21H2,1-5H3,(H,31,35)/t23-,24-/m0/s1. The highest BCUT2D eigenvalue weighted by Crippen LogP contribution is 2.26. The summed E-state index contributed by atoms with van der Waals surface area (Å²) in [4.78, 5) is 28.5. The van der Waals surface area contributed by atoms with E-state index in [9.17, 15) is 18.0 Å². The van der Waals surface area contributed by atoms with Gasteiger partial charge in [-0.2, -0.15) is 0 Å². The predicted octanol–water partition coefficient (Wildman–Crippen LogP) is 4.53. The molecule has 3 aromatic rings. The quantitative estimate of drug-likeness (QED) is 0.357. The molecule has 2 atom stereocenters. The van der Waals surface area contributed by atoms with E-state index in [1.165, 1.54) is 24.1 Å². The number of ether oxygens (including phenoxy) is 1. The minimum absolute atomic E-state index is 0.0567. The van der Waals surface area contributed by atoms with Crippen LogP contribution in [0.5, 0.6) is 5.75 Å². The van der Waals surface area contributed by atoms with Crippen LogP contribution in [-0.4, -0.2) is 50.9 Å². The Balaban J connectivity index is 2.01. The van der Waals surface area contributed by atoms with E-state index in [2.05, 4.69) is 5.32 Å². The van der Waals surface area contributed by atoms with Gasteiger partial charge in [0, 0.05) is 12.6 Å². The van der Waals surface area contributed by atoms with Crippen LogP contribution >= 0.6 is 0 Å². The maximum atomic E-state index is 13.9. The number of carbonyl (C=O) groups is 2. The van der Waals surface area contributed by atoms with Gasteiger partial charge >= 0.3 is 0 Å². The summed E-state index contributed by atoms with van der Waals surface area (Å²) in [5.41, 5.74) is 2.21. The number of rotatable bonds is 12. The monoisotopic (exact) mass is 551 g/mol. The molecular weight excluding hydrogens is 514 g/mol. The molecule has 0 aliphatic heterocycles. The third-order valence-electron chi connectivity index (χ3n) is 6.61. The summed E-state index contributed by atoms with van der Waals surface area (Å²) in [7, 11) is -2.59. The SMILES string of the molecule is CC[C@H](C)NC(=O)[C@H](C)N(Cc1ccc(C)cc1)C(=O)CN(c1ccc(OC)cc1)S(=O)(=O)c1ccccc1. The molecule has 0 bridgehead atoms. The van der Waals surface area contributed by atoms with Gasteiger partial charge in [-0.15, -0.1) is 0 Å². The molecule has 0 saturated heterocycles. The van der Waals surface area contributed by atoms with Crippen LogP contribution in [0.15, 0.2) is 83.8 Å². The summed E-state index contributed by atoms with van der Waals surface area (Å²) in [5, 5.41) is 2.93. The van der Waals surface area contributed by atoms with Gasteiger partial charge < -0.3 is 15.0 Å². The van der Waals surface area contributed by atoms with Crippen LogP contribution in [0.4, 0.5) is 5.69 Å². The van der Waals surface area contributed by atoms with Crippen molar-refractivity contribution in [1.82, 2.24) is 10.2 Å². The third-order valence-corrected chi connectivity index (χ3v) is 8.40. The lowest BCUT2D eigenvalue weighted by molar-refractivity contribution is -0.139. The number of amides is 2. The lowest BCUT2D eigenvalue weighted by Gasteiger charge is -2.32. The molecule has 8 nitrogen and oxygen atoms in total. The third kappa shape index (κ3) is 7.60. The number of benzene rings is 3. The van der Waals surface area contributed by atoms with Crippen molar-refractivity contribution in [2.24, 2.45) is 0 Å². The minimum Gasteiger partial charge on any atom is -0.497 e. The lowest BCUT2D eigenvalue weighted by Crippen LogP contribution is -2.52. The molecule has 0 fully saturated rings. The Morgan fingerprint density at radius 3 is 2.10 bits per heavy atom. The maximum Gasteiger partial charge on any atom is 0.264 e. The molecule has 1 N–H and O–H groups in total. The van der Waals surface area contributed by atoms with Crippen LogP contribution in [0.3, 0.4) is 0 Å². The summed E-state index contributed by atoms with van der Waals surface area (Å²) in [6.45, 7) is 7.15. The van der Waals surface area contributed by atoms with Gasteiger partial charge in [0.2, 0.25) is 11.8 Å². The predicted molar refractivity (Wildman–Crippen MR) is 153 cm³/mol. The molecule has 0 radical (unpaired) electrons. The number of nitrogens with zero attached hydrogens (tertiary/aromatic N) is 2. The number of sulfonamides is 1. The van der Waals surface area contributed by atoms with Crippen LogP contribution in [0, 0.1) is 6.92 Å². The molecule has 9 heteroatoms. The van der Waals surface area contributed by atoms with Crippen molar-refractivity contribution in [3.8, 4) is 5.75 Å². The number of carbonyl (C=O) groups excluding carboxylic acids is 2. The Labute approximate surface area is 231 Å². The zero-order chi connectivity index (χ0) is 28.6. The van der Waals surface area contributed by atoms with E-state index in [-0.39, 0.29) is 23.4 Å². The molecule has 3 aromatic carbocycles. The highest BCUT2D eigenvalue weighted by molar-refractivity contribution is 7.92. The number of hydrogen-bond acceptors (Lipinski definition) is 5. The lowest BCUT2D eigenvalue weighted by atomic mass is 10.1. The summed E-state index contributed by atoms with van der Waals surface area (Å²) in [6, 6.07) is 21.2. The van der Waals surface area contributed by atoms with E-state index in [0.29, 0.717) is 11.4 Å². The zero-order valence-electron chi connectivity index (χ0n) is 23.1. The summed E-state index contributed by atoms with van der Waals surface area (Å²) in [5.74, 6) is -0.247. The Hall–Kier alpha value is -3.85. The molecule has 0 aliphatic carbocycles. The molecular formula is C30H37N3O5S. The van der Waals surface area contributed by atoms with Crippen LogP contribution in [0.25, 0.3) is 0 Å². The van der Waals surface area contributed by atoms with Crippen molar-refractivity contribution in [2.45, 2.75) is 57.6 Å². The molecule has 0 aliphatic rings. The Morgan fingerprint density at radius 2 is 1.54 bits per heavy atom. The molecule has 208 valence electrons. The van der Waals surface area contributed by atoms with Crippen LogP contribution in [-0.2, 0) is 26.2 Å². The normalized spacial score (nSPS) is 12.7.